The molecule has 0 aliphatic carbocycles. The average Bonchev–Trinajstić information content (AvgIpc) is 3.42. The third kappa shape index (κ3) is 6.61. The standard InChI is InChI=1S/C28H31N3O3/c32-27(29-20-24-15-7-8-16-26(24)31-17-9-10-18-31)25(19-22-11-3-1-4-12-22)30-28(33)34-21-23-13-5-2-6-14-23/h1-8,11-16,25H,9-10,17-21H2,(H,29,32)(H,30,33). The predicted molar refractivity (Wildman–Crippen MR) is 133 cm³/mol. The SMILES string of the molecule is O=C(NC(Cc1ccccc1)C(=O)NCc1ccccc1N1CCCC1)OCc1ccccc1. The zero-order valence-corrected chi connectivity index (χ0v) is 19.3. The third-order valence-corrected chi connectivity index (χ3v) is 6.00. The lowest BCUT2D eigenvalue weighted by Crippen LogP contribution is -2.48. The smallest absolute Gasteiger partial charge is 0.408 e. The van der Waals surface area contributed by atoms with E-state index in [9.17, 15) is 9.59 Å². The normalized spacial score (nSPS) is 13.8. The lowest BCUT2D eigenvalue weighted by atomic mass is 10.1. The Hall–Kier alpha value is -3.80. The van der Waals surface area contributed by atoms with Gasteiger partial charge in [0.25, 0.3) is 0 Å². The molecule has 1 aliphatic heterocycles. The minimum atomic E-state index is -0.746. The fourth-order valence-corrected chi connectivity index (χ4v) is 4.20. The first kappa shape index (κ1) is 23.4. The maximum Gasteiger partial charge on any atom is 0.408 e. The maximum atomic E-state index is 13.2. The Morgan fingerprint density at radius 2 is 1.44 bits per heavy atom. The number of nitrogens with zero attached hydrogens (tertiary/aromatic N) is 1. The Morgan fingerprint density at radius 3 is 2.15 bits per heavy atom. The summed E-state index contributed by atoms with van der Waals surface area (Å²) in [5.74, 6) is -0.239. The highest BCUT2D eigenvalue weighted by Crippen LogP contribution is 2.24. The van der Waals surface area contributed by atoms with E-state index in [4.69, 9.17) is 4.74 Å². The number of carbonyl (C=O) groups excluding carboxylic acids is 2. The lowest BCUT2D eigenvalue weighted by Gasteiger charge is -2.23. The molecule has 0 radical (unpaired) electrons. The van der Waals surface area contributed by atoms with Crippen molar-refractivity contribution in [1.82, 2.24) is 10.6 Å². The summed E-state index contributed by atoms with van der Waals surface area (Å²) in [6, 6.07) is 26.5. The second kappa shape index (κ2) is 11.9. The van der Waals surface area contributed by atoms with E-state index >= 15 is 0 Å². The topological polar surface area (TPSA) is 70.7 Å². The molecule has 176 valence electrons. The Bertz CT molecular complexity index is 1070. The van der Waals surface area contributed by atoms with Gasteiger partial charge in [-0.1, -0.05) is 78.9 Å². The van der Waals surface area contributed by atoms with Crippen LogP contribution in [0.25, 0.3) is 0 Å². The first-order chi connectivity index (χ1) is 16.7. The molecular formula is C28H31N3O3. The predicted octanol–water partition coefficient (Wildman–Crippen LogP) is 4.44. The Balaban J connectivity index is 1.40. The maximum absolute atomic E-state index is 13.2. The first-order valence-corrected chi connectivity index (χ1v) is 11.8. The molecule has 1 saturated heterocycles. The number of benzene rings is 3. The molecule has 4 rings (SSSR count). The number of anilines is 1. The van der Waals surface area contributed by atoms with Crippen LogP contribution < -0.4 is 15.5 Å². The average molecular weight is 458 g/mol. The fourth-order valence-electron chi connectivity index (χ4n) is 4.20. The Kier molecular flexibility index (Phi) is 8.17. The van der Waals surface area contributed by atoms with Crippen LogP contribution in [-0.2, 0) is 29.1 Å². The number of amides is 2. The molecule has 6 nitrogen and oxygen atoms in total. The van der Waals surface area contributed by atoms with E-state index in [0.717, 1.165) is 35.5 Å². The van der Waals surface area contributed by atoms with Crippen molar-refractivity contribution in [3.63, 3.8) is 0 Å². The second-order valence-corrected chi connectivity index (χ2v) is 8.49. The molecule has 1 unspecified atom stereocenters. The molecule has 1 heterocycles. The summed E-state index contributed by atoms with van der Waals surface area (Å²) in [5, 5.41) is 5.78. The van der Waals surface area contributed by atoms with Gasteiger partial charge in [-0.15, -0.1) is 0 Å². The third-order valence-electron chi connectivity index (χ3n) is 6.00. The summed E-state index contributed by atoms with van der Waals surface area (Å²) in [7, 11) is 0. The zero-order chi connectivity index (χ0) is 23.6. The van der Waals surface area contributed by atoms with Crippen LogP contribution in [0.1, 0.15) is 29.5 Å². The van der Waals surface area contributed by atoms with Crippen molar-refractivity contribution in [3.8, 4) is 0 Å². The van der Waals surface area contributed by atoms with Gasteiger partial charge in [0.15, 0.2) is 0 Å². The molecule has 1 aliphatic rings. The summed E-state index contributed by atoms with van der Waals surface area (Å²) in [4.78, 5) is 28.0. The number of para-hydroxylation sites is 1. The van der Waals surface area contributed by atoms with Crippen LogP contribution in [0.3, 0.4) is 0 Å². The number of hydrogen-bond donors (Lipinski definition) is 2. The van der Waals surface area contributed by atoms with Crippen molar-refractivity contribution < 1.29 is 14.3 Å². The number of rotatable bonds is 9. The molecule has 0 saturated carbocycles. The van der Waals surface area contributed by atoms with Gasteiger partial charge in [0.1, 0.15) is 12.6 Å². The molecule has 1 fully saturated rings. The largest absolute Gasteiger partial charge is 0.445 e. The molecule has 34 heavy (non-hydrogen) atoms. The molecular weight excluding hydrogens is 426 g/mol. The summed E-state index contributed by atoms with van der Waals surface area (Å²) in [6.07, 6.45) is 2.14. The summed E-state index contributed by atoms with van der Waals surface area (Å²) < 4.78 is 5.36. The van der Waals surface area contributed by atoms with E-state index < -0.39 is 12.1 Å². The first-order valence-electron chi connectivity index (χ1n) is 11.8. The molecule has 2 N–H and O–H groups in total. The number of carbonyl (C=O) groups is 2. The van der Waals surface area contributed by atoms with Gasteiger partial charge in [0, 0.05) is 31.7 Å². The summed E-state index contributed by atoms with van der Waals surface area (Å²) in [5.41, 5.74) is 4.08. The minimum absolute atomic E-state index is 0.148. The molecule has 3 aromatic carbocycles. The fraction of sp³-hybridized carbons (Fsp3) is 0.286. The quantitative estimate of drug-likeness (QED) is 0.498. The van der Waals surface area contributed by atoms with E-state index in [1.165, 1.54) is 12.8 Å². The van der Waals surface area contributed by atoms with E-state index in [1.807, 2.05) is 78.9 Å². The minimum Gasteiger partial charge on any atom is -0.445 e. The van der Waals surface area contributed by atoms with Gasteiger partial charge in [-0.3, -0.25) is 4.79 Å². The Morgan fingerprint density at radius 1 is 0.824 bits per heavy atom. The van der Waals surface area contributed by atoms with Crippen LogP contribution in [0.5, 0.6) is 0 Å². The molecule has 3 aromatic rings. The van der Waals surface area contributed by atoms with Crippen molar-refractivity contribution in [2.75, 3.05) is 18.0 Å². The number of nitrogens with one attached hydrogen (secondary N) is 2. The van der Waals surface area contributed by atoms with Crippen LogP contribution in [0.4, 0.5) is 10.5 Å². The van der Waals surface area contributed by atoms with Crippen molar-refractivity contribution >= 4 is 17.7 Å². The zero-order valence-electron chi connectivity index (χ0n) is 19.3. The van der Waals surface area contributed by atoms with Crippen molar-refractivity contribution in [2.24, 2.45) is 0 Å². The monoisotopic (exact) mass is 457 g/mol. The van der Waals surface area contributed by atoms with Gasteiger partial charge in [-0.2, -0.15) is 0 Å². The molecule has 6 heteroatoms. The van der Waals surface area contributed by atoms with E-state index in [2.05, 4.69) is 21.6 Å². The van der Waals surface area contributed by atoms with Crippen molar-refractivity contribution in [3.05, 3.63) is 102 Å². The number of alkyl carbamates (subject to hydrolysis) is 1. The van der Waals surface area contributed by atoms with Crippen LogP contribution in [0.2, 0.25) is 0 Å². The lowest BCUT2D eigenvalue weighted by molar-refractivity contribution is -0.123. The van der Waals surface area contributed by atoms with Crippen LogP contribution in [-0.4, -0.2) is 31.1 Å². The highest BCUT2D eigenvalue weighted by atomic mass is 16.5. The number of hydrogen-bond acceptors (Lipinski definition) is 4. The van der Waals surface area contributed by atoms with Gasteiger partial charge in [-0.25, -0.2) is 4.79 Å². The van der Waals surface area contributed by atoms with Gasteiger partial charge < -0.3 is 20.3 Å². The van der Waals surface area contributed by atoms with Gasteiger partial charge in [-0.05, 0) is 35.6 Å². The summed E-state index contributed by atoms with van der Waals surface area (Å²) in [6.45, 7) is 2.62. The second-order valence-electron chi connectivity index (χ2n) is 8.49. The summed E-state index contributed by atoms with van der Waals surface area (Å²) >= 11 is 0. The van der Waals surface area contributed by atoms with E-state index in [1.54, 1.807) is 0 Å². The van der Waals surface area contributed by atoms with Crippen LogP contribution >= 0.6 is 0 Å². The van der Waals surface area contributed by atoms with Gasteiger partial charge >= 0.3 is 6.09 Å². The Labute approximate surface area is 200 Å². The molecule has 0 aromatic heterocycles. The number of ether oxygens (including phenoxy) is 1. The molecule has 0 spiro atoms. The van der Waals surface area contributed by atoms with Crippen LogP contribution in [0, 0.1) is 0 Å². The van der Waals surface area contributed by atoms with Crippen molar-refractivity contribution in [1.29, 1.82) is 0 Å². The van der Waals surface area contributed by atoms with Gasteiger partial charge in [0.05, 0.1) is 0 Å². The van der Waals surface area contributed by atoms with Gasteiger partial charge in [0.2, 0.25) is 5.91 Å². The van der Waals surface area contributed by atoms with Crippen molar-refractivity contribution in [2.45, 2.75) is 38.5 Å². The highest BCUT2D eigenvalue weighted by molar-refractivity contribution is 5.86. The van der Waals surface area contributed by atoms with Crippen LogP contribution in [0.15, 0.2) is 84.9 Å². The highest BCUT2D eigenvalue weighted by Gasteiger charge is 2.23. The molecule has 2 amide bonds. The van der Waals surface area contributed by atoms with E-state index in [-0.39, 0.29) is 12.5 Å². The van der Waals surface area contributed by atoms with E-state index in [0.29, 0.717) is 13.0 Å². The molecule has 0 bridgehead atoms. The molecule has 1 atom stereocenters.